The maximum atomic E-state index is 13.8. The minimum Gasteiger partial charge on any atom is -0.466 e. The fourth-order valence-corrected chi connectivity index (χ4v) is 6.60. The Hall–Kier alpha value is -2.02. The number of rotatable bonds is 10. The summed E-state index contributed by atoms with van der Waals surface area (Å²) in [5.74, 6) is -1.42. The van der Waals surface area contributed by atoms with Crippen LogP contribution < -0.4 is 15.8 Å². The molecule has 0 saturated carbocycles. The summed E-state index contributed by atoms with van der Waals surface area (Å²) in [6, 6.07) is 5.93. The van der Waals surface area contributed by atoms with Crippen LogP contribution in [0.5, 0.6) is 5.75 Å². The van der Waals surface area contributed by atoms with Crippen molar-refractivity contribution in [1.82, 2.24) is 9.55 Å². The van der Waals surface area contributed by atoms with E-state index < -0.39 is 71.0 Å². The molecule has 15 heteroatoms. The van der Waals surface area contributed by atoms with Crippen LogP contribution in [0, 0.1) is 11.2 Å². The summed E-state index contributed by atoms with van der Waals surface area (Å²) in [4.78, 5) is 38.2. The molecule has 1 aliphatic rings. The van der Waals surface area contributed by atoms with Crippen LogP contribution in [0.3, 0.4) is 0 Å². The number of carbonyl (C=O) groups is 1. The fraction of sp³-hybridized carbons (Fsp3) is 0.500. The molecule has 0 aliphatic carbocycles. The third-order valence-corrected chi connectivity index (χ3v) is 8.86. The number of halogens is 3. The number of hydrogen-bond acceptors (Lipinski definition) is 9. The molecule has 204 valence electrons. The Morgan fingerprint density at radius 3 is 2.70 bits per heavy atom. The second kappa shape index (κ2) is 11.4. The van der Waals surface area contributed by atoms with Crippen molar-refractivity contribution in [2.45, 2.75) is 43.0 Å². The summed E-state index contributed by atoms with van der Waals surface area (Å²) in [6.45, 7) is 4.13. The lowest BCUT2D eigenvalue weighted by atomic mass is 9.97. The van der Waals surface area contributed by atoms with Crippen LogP contribution >= 0.6 is 35.1 Å². The van der Waals surface area contributed by atoms with Crippen molar-refractivity contribution >= 4 is 41.1 Å². The first-order chi connectivity index (χ1) is 17.2. The quantitative estimate of drug-likeness (QED) is 0.230. The van der Waals surface area contributed by atoms with Gasteiger partial charge in [0.1, 0.15) is 23.8 Å². The molecule has 0 bridgehead atoms. The summed E-state index contributed by atoms with van der Waals surface area (Å²) in [5.41, 5.74) is -2.81. The Bertz CT molecular complexity index is 1300. The number of nitrogens with one attached hydrogen (secondary N) is 1. The number of ether oxygens (including phenoxy) is 2. The Balaban J connectivity index is 1.86. The number of aliphatic hydroxyl groups is 1. The highest BCUT2D eigenvalue weighted by molar-refractivity contribution is 9.10. The molecule has 0 unspecified atom stereocenters. The van der Waals surface area contributed by atoms with Gasteiger partial charge < -0.3 is 19.1 Å². The standard InChI is InChI=1S/C22H26BrClFN2O9P/c1-4-33-19(30)21(2,3)12-37(32,36-14-7-5-6-13(25)10-14)34-11-15-17(29)22(23,24)18(35-15)27-9-8-16(28)26-20(27)31/h5-10,15,17-18,29H,4,11-12H2,1-3H3,(H,26,28,31)/t15-,17-,18-,22+,37-/m1/s1. The first-order valence-corrected chi connectivity index (χ1v) is 14.0. The Morgan fingerprint density at radius 1 is 1.38 bits per heavy atom. The summed E-state index contributed by atoms with van der Waals surface area (Å²) in [6.07, 6.45) is -3.36. The predicted molar refractivity (Wildman–Crippen MR) is 135 cm³/mol. The van der Waals surface area contributed by atoms with Gasteiger partial charge in [0.25, 0.3) is 5.56 Å². The molecule has 5 atom stereocenters. The van der Waals surface area contributed by atoms with Crippen LogP contribution in [-0.4, -0.2) is 56.0 Å². The van der Waals surface area contributed by atoms with E-state index in [1.807, 2.05) is 0 Å². The molecular weight excluding hydrogens is 602 g/mol. The molecule has 1 aromatic carbocycles. The SMILES string of the molecule is CCOC(=O)C(C)(C)C[P@@](=O)(OC[C@H]1O[C@@H](n2ccc(=O)[nH]c2=O)[C@](Cl)(Br)[C@@H]1O)Oc1cccc(F)c1. The van der Waals surface area contributed by atoms with Gasteiger partial charge in [-0.3, -0.25) is 23.7 Å². The number of aromatic amines is 1. The smallest absolute Gasteiger partial charge is 0.380 e. The van der Waals surface area contributed by atoms with Crippen molar-refractivity contribution in [3.63, 3.8) is 0 Å². The van der Waals surface area contributed by atoms with Crippen molar-refractivity contribution in [3.8, 4) is 5.75 Å². The van der Waals surface area contributed by atoms with Crippen LogP contribution in [0.15, 0.2) is 46.1 Å². The van der Waals surface area contributed by atoms with Gasteiger partial charge in [0.2, 0.25) is 0 Å². The molecule has 3 rings (SSSR count). The Labute approximate surface area is 224 Å². The predicted octanol–water partition coefficient (Wildman–Crippen LogP) is 3.14. The normalized spacial score (nSPS) is 25.4. The molecule has 37 heavy (non-hydrogen) atoms. The fourth-order valence-electron chi connectivity index (χ4n) is 3.57. The van der Waals surface area contributed by atoms with Crippen molar-refractivity contribution in [2.24, 2.45) is 5.41 Å². The highest BCUT2D eigenvalue weighted by Gasteiger charge is 2.56. The van der Waals surface area contributed by atoms with Gasteiger partial charge in [0, 0.05) is 18.3 Å². The number of H-pyrrole nitrogens is 1. The van der Waals surface area contributed by atoms with E-state index in [1.165, 1.54) is 32.0 Å². The first-order valence-electron chi connectivity index (χ1n) is 11.1. The van der Waals surface area contributed by atoms with Crippen LogP contribution in [0.2, 0.25) is 0 Å². The van der Waals surface area contributed by atoms with Crippen LogP contribution in [0.25, 0.3) is 0 Å². The van der Waals surface area contributed by atoms with Crippen molar-refractivity contribution in [3.05, 3.63) is 63.2 Å². The molecule has 0 spiro atoms. The highest BCUT2D eigenvalue weighted by atomic mass is 79.9. The maximum absolute atomic E-state index is 13.8. The monoisotopic (exact) mass is 626 g/mol. The van der Waals surface area contributed by atoms with Crippen molar-refractivity contribution in [1.29, 1.82) is 0 Å². The zero-order valence-corrected chi connectivity index (χ0v) is 23.3. The first kappa shape index (κ1) is 29.5. The lowest BCUT2D eigenvalue weighted by molar-refractivity contribution is -0.152. The van der Waals surface area contributed by atoms with Gasteiger partial charge in [-0.25, -0.2) is 13.8 Å². The van der Waals surface area contributed by atoms with Crippen LogP contribution in [0.1, 0.15) is 27.0 Å². The Morgan fingerprint density at radius 2 is 2.08 bits per heavy atom. The van der Waals surface area contributed by atoms with Gasteiger partial charge in [-0.2, -0.15) is 0 Å². The van der Waals surface area contributed by atoms with Crippen molar-refractivity contribution in [2.75, 3.05) is 19.4 Å². The highest BCUT2D eigenvalue weighted by Crippen LogP contribution is 2.54. The lowest BCUT2D eigenvalue weighted by Gasteiger charge is -2.28. The second-order valence-corrected chi connectivity index (χ2v) is 13.3. The van der Waals surface area contributed by atoms with E-state index in [0.29, 0.717) is 0 Å². The van der Waals surface area contributed by atoms with E-state index in [0.717, 1.165) is 22.9 Å². The van der Waals surface area contributed by atoms with E-state index in [4.69, 9.17) is 30.1 Å². The molecule has 1 saturated heterocycles. The molecule has 1 fully saturated rings. The number of aliphatic hydroxyl groups excluding tert-OH is 1. The number of carbonyl (C=O) groups excluding carboxylic acids is 1. The molecule has 1 aliphatic heterocycles. The number of benzene rings is 1. The molecule has 1 aromatic heterocycles. The molecule has 11 nitrogen and oxygen atoms in total. The van der Waals surface area contributed by atoms with E-state index in [-0.39, 0.29) is 12.4 Å². The summed E-state index contributed by atoms with van der Waals surface area (Å²) in [7, 11) is -4.22. The summed E-state index contributed by atoms with van der Waals surface area (Å²) in [5, 5.41) is 10.8. The molecule has 2 aromatic rings. The number of nitrogens with zero attached hydrogens (tertiary/aromatic N) is 1. The molecule has 2 heterocycles. The van der Waals surface area contributed by atoms with E-state index in [2.05, 4.69) is 20.9 Å². The van der Waals surface area contributed by atoms with Gasteiger partial charge in [0.05, 0.1) is 24.8 Å². The third-order valence-electron chi connectivity index (χ3n) is 5.38. The topological polar surface area (TPSA) is 146 Å². The van der Waals surface area contributed by atoms with Crippen LogP contribution in [-0.2, 0) is 23.4 Å². The maximum Gasteiger partial charge on any atom is 0.380 e. The minimum atomic E-state index is -4.22. The lowest BCUT2D eigenvalue weighted by Crippen LogP contribution is -2.41. The minimum absolute atomic E-state index is 0.0921. The molecular formula is C22H26BrClFN2O9P. The van der Waals surface area contributed by atoms with Crippen molar-refractivity contribution < 1.29 is 37.4 Å². The zero-order valence-electron chi connectivity index (χ0n) is 20.1. The van der Waals surface area contributed by atoms with E-state index in [1.54, 1.807) is 6.92 Å². The van der Waals surface area contributed by atoms with Gasteiger partial charge in [0.15, 0.2) is 10.0 Å². The Kier molecular flexibility index (Phi) is 9.09. The number of esters is 1. The van der Waals surface area contributed by atoms with Gasteiger partial charge in [-0.05, 0) is 32.9 Å². The van der Waals surface area contributed by atoms with Gasteiger partial charge >= 0.3 is 19.3 Å². The average Bonchev–Trinajstić information content (AvgIpc) is 3.01. The largest absolute Gasteiger partial charge is 0.466 e. The second-order valence-electron chi connectivity index (χ2n) is 8.88. The summed E-state index contributed by atoms with van der Waals surface area (Å²) >= 11 is 9.59. The summed E-state index contributed by atoms with van der Waals surface area (Å²) < 4.78 is 48.7. The number of hydrogen-bond donors (Lipinski definition) is 2. The van der Waals surface area contributed by atoms with Crippen LogP contribution in [0.4, 0.5) is 4.39 Å². The zero-order chi connectivity index (χ0) is 27.6. The van der Waals surface area contributed by atoms with E-state index >= 15 is 0 Å². The van der Waals surface area contributed by atoms with E-state index in [9.17, 15) is 28.4 Å². The number of alkyl halides is 2. The molecule has 0 radical (unpaired) electrons. The van der Waals surface area contributed by atoms with Gasteiger partial charge in [-0.1, -0.05) is 33.6 Å². The van der Waals surface area contributed by atoms with Gasteiger partial charge in [-0.15, -0.1) is 0 Å². The third kappa shape index (κ3) is 6.90. The average molecular weight is 628 g/mol. The molecule has 0 amide bonds. The number of aromatic nitrogens is 2. The molecule has 2 N–H and O–H groups in total.